The van der Waals surface area contributed by atoms with Crippen LogP contribution in [0.2, 0.25) is 0 Å². The predicted molar refractivity (Wildman–Crippen MR) is 46.5 cm³/mol. The molecule has 2 rings (SSSR count). The summed E-state index contributed by atoms with van der Waals surface area (Å²) in [5.41, 5.74) is 0.00447. The zero-order valence-electron chi connectivity index (χ0n) is 7.91. The van der Waals surface area contributed by atoms with Crippen molar-refractivity contribution in [1.82, 2.24) is 4.90 Å². The normalized spacial score (nSPS) is 24.5. The van der Waals surface area contributed by atoms with Crippen LogP contribution in [-0.4, -0.2) is 42.9 Å². The van der Waals surface area contributed by atoms with Gasteiger partial charge in [0.1, 0.15) is 0 Å². The van der Waals surface area contributed by atoms with Gasteiger partial charge in [-0.05, 0) is 19.8 Å². The van der Waals surface area contributed by atoms with Gasteiger partial charge in [-0.1, -0.05) is 0 Å². The van der Waals surface area contributed by atoms with Gasteiger partial charge < -0.3 is 9.47 Å². The number of amides is 1. The van der Waals surface area contributed by atoms with Gasteiger partial charge in [-0.25, -0.2) is 4.79 Å². The molecule has 1 saturated heterocycles. The van der Waals surface area contributed by atoms with E-state index in [0.717, 1.165) is 12.8 Å². The molecule has 2 fully saturated rings. The summed E-state index contributed by atoms with van der Waals surface area (Å²) in [6.07, 6.45) is 1.95. The van der Waals surface area contributed by atoms with Crippen LogP contribution in [0.25, 0.3) is 0 Å². The lowest BCUT2D eigenvalue weighted by molar-refractivity contribution is -0.0186. The summed E-state index contributed by atoms with van der Waals surface area (Å²) in [6, 6.07) is 0. The van der Waals surface area contributed by atoms with Gasteiger partial charge in [0, 0.05) is 6.54 Å². The van der Waals surface area contributed by atoms with Crippen molar-refractivity contribution in [2.45, 2.75) is 25.3 Å². The maximum absolute atomic E-state index is 11.5. The smallest absolute Gasteiger partial charge is 0.410 e. The molecule has 0 aromatic heterocycles. The second-order valence-corrected chi connectivity index (χ2v) is 3.63. The molecule has 0 bridgehead atoms. The molecule has 74 valence electrons. The molecule has 0 unspecified atom stereocenters. The SMILES string of the molecule is CCOC(=O)N1CCOCC12CC2. The first-order valence-corrected chi connectivity index (χ1v) is 4.81. The molecular weight excluding hydrogens is 170 g/mol. The lowest BCUT2D eigenvalue weighted by Gasteiger charge is -2.34. The maximum Gasteiger partial charge on any atom is 0.410 e. The summed E-state index contributed by atoms with van der Waals surface area (Å²) in [4.78, 5) is 13.3. The van der Waals surface area contributed by atoms with Crippen LogP contribution in [0.4, 0.5) is 4.79 Å². The first kappa shape index (κ1) is 8.81. The van der Waals surface area contributed by atoms with Crippen LogP contribution < -0.4 is 0 Å². The van der Waals surface area contributed by atoms with E-state index in [4.69, 9.17) is 9.47 Å². The van der Waals surface area contributed by atoms with E-state index in [9.17, 15) is 4.79 Å². The Labute approximate surface area is 77.8 Å². The molecule has 1 spiro atoms. The Hall–Kier alpha value is -0.770. The van der Waals surface area contributed by atoms with Crippen LogP contribution >= 0.6 is 0 Å². The van der Waals surface area contributed by atoms with Gasteiger partial charge in [-0.2, -0.15) is 0 Å². The number of ether oxygens (including phenoxy) is 2. The molecule has 4 nitrogen and oxygen atoms in total. The van der Waals surface area contributed by atoms with Crippen molar-refractivity contribution in [3.8, 4) is 0 Å². The summed E-state index contributed by atoms with van der Waals surface area (Å²) in [5, 5.41) is 0. The molecule has 0 radical (unpaired) electrons. The molecule has 1 heterocycles. The molecule has 0 aromatic rings. The number of morpholine rings is 1. The van der Waals surface area contributed by atoms with Crippen molar-refractivity contribution in [3.63, 3.8) is 0 Å². The van der Waals surface area contributed by atoms with E-state index < -0.39 is 0 Å². The van der Waals surface area contributed by atoms with Gasteiger partial charge in [0.25, 0.3) is 0 Å². The van der Waals surface area contributed by atoms with E-state index in [1.165, 1.54) is 0 Å². The number of hydrogen-bond donors (Lipinski definition) is 0. The van der Waals surface area contributed by atoms with E-state index in [2.05, 4.69) is 0 Å². The third-order valence-corrected chi connectivity index (χ3v) is 2.72. The van der Waals surface area contributed by atoms with Crippen molar-refractivity contribution >= 4 is 6.09 Å². The molecule has 0 atom stereocenters. The number of hydrogen-bond acceptors (Lipinski definition) is 3. The predicted octanol–water partition coefficient (Wildman–Crippen LogP) is 1.01. The summed E-state index contributed by atoms with van der Waals surface area (Å²) >= 11 is 0. The molecule has 1 aliphatic heterocycles. The fourth-order valence-corrected chi connectivity index (χ4v) is 1.78. The standard InChI is InChI=1S/C9H15NO3/c1-2-13-8(11)10-5-6-12-7-9(10)3-4-9/h2-7H2,1H3. The summed E-state index contributed by atoms with van der Waals surface area (Å²) in [7, 11) is 0. The van der Waals surface area contributed by atoms with E-state index in [1.807, 2.05) is 11.8 Å². The lowest BCUT2D eigenvalue weighted by Crippen LogP contribution is -2.50. The molecular formula is C9H15NO3. The Morgan fingerprint density at radius 1 is 1.62 bits per heavy atom. The third kappa shape index (κ3) is 1.50. The molecule has 0 aromatic carbocycles. The van der Waals surface area contributed by atoms with Crippen molar-refractivity contribution in [3.05, 3.63) is 0 Å². The highest BCUT2D eigenvalue weighted by atomic mass is 16.6. The highest BCUT2D eigenvalue weighted by Gasteiger charge is 2.52. The Kier molecular flexibility index (Phi) is 2.15. The first-order chi connectivity index (χ1) is 6.28. The largest absolute Gasteiger partial charge is 0.450 e. The van der Waals surface area contributed by atoms with Gasteiger partial charge in [0.2, 0.25) is 0 Å². The zero-order valence-corrected chi connectivity index (χ0v) is 7.91. The Morgan fingerprint density at radius 2 is 2.38 bits per heavy atom. The summed E-state index contributed by atoms with van der Waals surface area (Å²) < 4.78 is 10.3. The molecule has 1 amide bonds. The van der Waals surface area contributed by atoms with Gasteiger partial charge in [0.05, 0.1) is 25.4 Å². The van der Waals surface area contributed by atoms with Gasteiger partial charge in [-0.3, -0.25) is 4.90 Å². The molecule has 0 N–H and O–H groups in total. The van der Waals surface area contributed by atoms with Crippen molar-refractivity contribution in [2.24, 2.45) is 0 Å². The second-order valence-electron chi connectivity index (χ2n) is 3.63. The molecule has 1 saturated carbocycles. The number of carbonyl (C=O) groups is 1. The fourth-order valence-electron chi connectivity index (χ4n) is 1.78. The highest BCUT2D eigenvalue weighted by Crippen LogP contribution is 2.43. The van der Waals surface area contributed by atoms with Crippen LogP contribution in [0.1, 0.15) is 19.8 Å². The van der Waals surface area contributed by atoms with Crippen molar-refractivity contribution in [2.75, 3.05) is 26.4 Å². The van der Waals surface area contributed by atoms with Gasteiger partial charge >= 0.3 is 6.09 Å². The fraction of sp³-hybridized carbons (Fsp3) is 0.889. The van der Waals surface area contributed by atoms with E-state index >= 15 is 0 Å². The summed E-state index contributed by atoms with van der Waals surface area (Å²) in [6.45, 7) is 4.29. The van der Waals surface area contributed by atoms with Crippen LogP contribution in [0.5, 0.6) is 0 Å². The monoisotopic (exact) mass is 185 g/mol. The van der Waals surface area contributed by atoms with E-state index in [-0.39, 0.29) is 11.6 Å². The highest BCUT2D eigenvalue weighted by molar-refractivity contribution is 5.69. The lowest BCUT2D eigenvalue weighted by atomic mass is 10.2. The van der Waals surface area contributed by atoms with Gasteiger partial charge in [-0.15, -0.1) is 0 Å². The van der Waals surface area contributed by atoms with E-state index in [0.29, 0.717) is 26.4 Å². The van der Waals surface area contributed by atoms with Crippen LogP contribution in [-0.2, 0) is 9.47 Å². The molecule has 1 aliphatic carbocycles. The van der Waals surface area contributed by atoms with Gasteiger partial charge in [0.15, 0.2) is 0 Å². The Balaban J connectivity index is 1.99. The minimum atomic E-state index is -0.177. The van der Waals surface area contributed by atoms with Crippen LogP contribution in [0, 0.1) is 0 Å². The zero-order chi connectivity index (χ0) is 9.31. The molecule has 2 aliphatic rings. The maximum atomic E-state index is 11.5. The second kappa shape index (κ2) is 3.18. The third-order valence-electron chi connectivity index (χ3n) is 2.72. The summed E-state index contributed by atoms with van der Waals surface area (Å²) in [5.74, 6) is 0. The van der Waals surface area contributed by atoms with Crippen molar-refractivity contribution in [1.29, 1.82) is 0 Å². The number of rotatable bonds is 1. The average molecular weight is 185 g/mol. The van der Waals surface area contributed by atoms with Crippen LogP contribution in [0.3, 0.4) is 0 Å². The Bertz CT molecular complexity index is 213. The van der Waals surface area contributed by atoms with Crippen LogP contribution in [0.15, 0.2) is 0 Å². The average Bonchev–Trinajstić information content (AvgIpc) is 2.87. The van der Waals surface area contributed by atoms with Crippen molar-refractivity contribution < 1.29 is 14.3 Å². The molecule has 13 heavy (non-hydrogen) atoms. The first-order valence-electron chi connectivity index (χ1n) is 4.81. The Morgan fingerprint density at radius 3 is 3.00 bits per heavy atom. The topological polar surface area (TPSA) is 38.8 Å². The minimum Gasteiger partial charge on any atom is -0.450 e. The van der Waals surface area contributed by atoms with E-state index in [1.54, 1.807) is 0 Å². The quantitative estimate of drug-likeness (QED) is 0.612. The molecule has 4 heteroatoms. The number of carbonyl (C=O) groups excluding carboxylic acids is 1. The minimum absolute atomic E-state index is 0.00447. The number of nitrogens with zero attached hydrogens (tertiary/aromatic N) is 1.